The van der Waals surface area contributed by atoms with Crippen LogP contribution in [-0.2, 0) is 28.0 Å². The Morgan fingerprint density at radius 1 is 1.69 bits per heavy atom. The molecule has 0 fully saturated rings. The molecule has 74 valence electrons. The molecule has 0 aliphatic heterocycles. The van der Waals surface area contributed by atoms with Crippen molar-refractivity contribution in [3.63, 3.8) is 0 Å². The van der Waals surface area contributed by atoms with Gasteiger partial charge >= 0.3 is 0 Å². The van der Waals surface area contributed by atoms with E-state index in [1.165, 1.54) is 6.20 Å². The number of rotatable bonds is 3. The van der Waals surface area contributed by atoms with Crippen molar-refractivity contribution in [1.82, 2.24) is 9.55 Å². The summed E-state index contributed by atoms with van der Waals surface area (Å²) in [7, 11) is -1.75. The average molecular weight is 225 g/mol. The van der Waals surface area contributed by atoms with Gasteiger partial charge in [0.25, 0.3) is 10.1 Å². The molecule has 0 amide bonds. The molecule has 0 aliphatic carbocycles. The lowest BCUT2D eigenvalue weighted by molar-refractivity contribution is 0.298. The van der Waals surface area contributed by atoms with E-state index >= 15 is 0 Å². The van der Waals surface area contributed by atoms with E-state index in [2.05, 4.69) is 9.17 Å². The summed E-state index contributed by atoms with van der Waals surface area (Å²) in [5, 5.41) is 0.437. The van der Waals surface area contributed by atoms with Crippen LogP contribution in [0, 0.1) is 0 Å². The van der Waals surface area contributed by atoms with E-state index in [0.717, 1.165) is 6.26 Å². The maximum atomic E-state index is 10.6. The predicted octanol–water partition coefficient (Wildman–Crippen LogP) is 0.550. The highest BCUT2D eigenvalue weighted by Gasteiger charge is 2.08. The second-order valence-electron chi connectivity index (χ2n) is 2.52. The number of hydrogen-bond donors (Lipinski definition) is 0. The van der Waals surface area contributed by atoms with Gasteiger partial charge in [0.15, 0.2) is 0 Å². The topological polar surface area (TPSA) is 61.2 Å². The highest BCUT2D eigenvalue weighted by atomic mass is 35.5. The summed E-state index contributed by atoms with van der Waals surface area (Å²) in [5.41, 5.74) is 0. The SMILES string of the molecule is Cn1c(Cl)cnc1COS(C)(=O)=O. The molecule has 0 spiro atoms. The van der Waals surface area contributed by atoms with Crippen molar-refractivity contribution in [3.8, 4) is 0 Å². The lowest BCUT2D eigenvalue weighted by Crippen LogP contribution is -2.06. The van der Waals surface area contributed by atoms with Crippen LogP contribution >= 0.6 is 11.6 Å². The Balaban J connectivity index is 2.71. The fourth-order valence-electron chi connectivity index (χ4n) is 0.718. The first-order valence-electron chi connectivity index (χ1n) is 3.40. The maximum absolute atomic E-state index is 10.6. The van der Waals surface area contributed by atoms with E-state index in [1.54, 1.807) is 11.6 Å². The maximum Gasteiger partial charge on any atom is 0.264 e. The number of imidazole rings is 1. The summed E-state index contributed by atoms with van der Waals surface area (Å²) in [5.74, 6) is 0.468. The van der Waals surface area contributed by atoms with Gasteiger partial charge in [-0.15, -0.1) is 0 Å². The van der Waals surface area contributed by atoms with Crippen molar-refractivity contribution in [2.24, 2.45) is 7.05 Å². The van der Waals surface area contributed by atoms with E-state index in [-0.39, 0.29) is 6.61 Å². The van der Waals surface area contributed by atoms with Gasteiger partial charge in [-0.05, 0) is 0 Å². The van der Waals surface area contributed by atoms with Crippen LogP contribution in [0.5, 0.6) is 0 Å². The Bertz CT molecular complexity index is 398. The molecule has 0 bridgehead atoms. The molecule has 0 atom stereocenters. The van der Waals surface area contributed by atoms with Gasteiger partial charge in [-0.2, -0.15) is 8.42 Å². The van der Waals surface area contributed by atoms with Crippen LogP contribution in [0.3, 0.4) is 0 Å². The largest absolute Gasteiger partial charge is 0.320 e. The lowest BCUT2D eigenvalue weighted by atomic mass is 10.6. The third-order valence-electron chi connectivity index (χ3n) is 1.43. The molecule has 0 aromatic carbocycles. The van der Waals surface area contributed by atoms with Gasteiger partial charge in [-0.25, -0.2) is 4.98 Å². The predicted molar refractivity (Wildman–Crippen MR) is 47.9 cm³/mol. The number of hydrogen-bond acceptors (Lipinski definition) is 4. The second-order valence-corrected chi connectivity index (χ2v) is 4.55. The molecule has 1 aromatic heterocycles. The summed E-state index contributed by atoms with van der Waals surface area (Å²) in [6.45, 7) is -0.0952. The van der Waals surface area contributed by atoms with Gasteiger partial charge in [0.05, 0.1) is 12.5 Å². The molecule has 1 heterocycles. The third-order valence-corrected chi connectivity index (χ3v) is 2.33. The van der Waals surface area contributed by atoms with Crippen molar-refractivity contribution in [2.75, 3.05) is 6.26 Å². The summed E-state index contributed by atoms with van der Waals surface area (Å²) < 4.78 is 27.3. The highest BCUT2D eigenvalue weighted by Crippen LogP contribution is 2.10. The monoisotopic (exact) mass is 224 g/mol. The molecule has 0 radical (unpaired) electrons. The quantitative estimate of drug-likeness (QED) is 0.704. The Hall–Kier alpha value is -0.590. The molecule has 1 rings (SSSR count). The number of aromatic nitrogens is 2. The van der Waals surface area contributed by atoms with Gasteiger partial charge in [-0.1, -0.05) is 11.6 Å². The zero-order valence-electron chi connectivity index (χ0n) is 7.19. The third kappa shape index (κ3) is 2.98. The molecule has 0 saturated carbocycles. The fourth-order valence-corrected chi connectivity index (χ4v) is 1.18. The van der Waals surface area contributed by atoms with E-state index in [4.69, 9.17) is 11.6 Å². The summed E-state index contributed by atoms with van der Waals surface area (Å²) in [6.07, 6.45) is 2.42. The summed E-state index contributed by atoms with van der Waals surface area (Å²) >= 11 is 5.67. The Kier molecular flexibility index (Phi) is 2.94. The Morgan fingerprint density at radius 3 is 2.69 bits per heavy atom. The van der Waals surface area contributed by atoms with Gasteiger partial charge in [0.2, 0.25) is 0 Å². The fraction of sp³-hybridized carbons (Fsp3) is 0.500. The van der Waals surface area contributed by atoms with Crippen LogP contribution in [0.1, 0.15) is 5.82 Å². The van der Waals surface area contributed by atoms with Gasteiger partial charge in [0.1, 0.15) is 17.6 Å². The molecule has 7 heteroatoms. The lowest BCUT2D eigenvalue weighted by Gasteiger charge is -2.01. The zero-order chi connectivity index (χ0) is 10.1. The number of nitrogens with zero attached hydrogens (tertiary/aromatic N) is 2. The Morgan fingerprint density at radius 2 is 2.31 bits per heavy atom. The smallest absolute Gasteiger partial charge is 0.264 e. The van der Waals surface area contributed by atoms with E-state index in [0.29, 0.717) is 11.0 Å². The van der Waals surface area contributed by atoms with Gasteiger partial charge < -0.3 is 4.57 Å². The van der Waals surface area contributed by atoms with Crippen LogP contribution < -0.4 is 0 Å². The highest BCUT2D eigenvalue weighted by molar-refractivity contribution is 7.85. The minimum Gasteiger partial charge on any atom is -0.320 e. The van der Waals surface area contributed by atoms with Crippen LogP contribution in [0.25, 0.3) is 0 Å². The molecule has 0 N–H and O–H groups in total. The van der Waals surface area contributed by atoms with Crippen molar-refractivity contribution in [3.05, 3.63) is 17.2 Å². The molecule has 0 unspecified atom stereocenters. The van der Waals surface area contributed by atoms with Crippen LogP contribution in [0.4, 0.5) is 0 Å². The Labute approximate surface area is 81.4 Å². The first kappa shape index (κ1) is 10.5. The van der Waals surface area contributed by atoms with Gasteiger partial charge in [0, 0.05) is 7.05 Å². The molecule has 0 saturated heterocycles. The number of halogens is 1. The molecular formula is C6H9ClN2O3S. The molecule has 1 aromatic rings. The zero-order valence-corrected chi connectivity index (χ0v) is 8.76. The second kappa shape index (κ2) is 3.65. The minimum atomic E-state index is -3.43. The molecule has 13 heavy (non-hydrogen) atoms. The van der Waals surface area contributed by atoms with Crippen LogP contribution in [0.2, 0.25) is 5.15 Å². The summed E-state index contributed by atoms with van der Waals surface area (Å²) in [6, 6.07) is 0. The molecule has 5 nitrogen and oxygen atoms in total. The average Bonchev–Trinajstić information content (AvgIpc) is 2.29. The van der Waals surface area contributed by atoms with E-state index in [9.17, 15) is 8.42 Å². The first-order valence-corrected chi connectivity index (χ1v) is 5.60. The molecule has 0 aliphatic rings. The minimum absolute atomic E-state index is 0.0952. The van der Waals surface area contributed by atoms with E-state index < -0.39 is 10.1 Å². The van der Waals surface area contributed by atoms with Crippen molar-refractivity contribution < 1.29 is 12.6 Å². The molecular weight excluding hydrogens is 216 g/mol. The van der Waals surface area contributed by atoms with Crippen LogP contribution in [-0.4, -0.2) is 24.2 Å². The van der Waals surface area contributed by atoms with E-state index in [1.807, 2.05) is 0 Å². The first-order chi connectivity index (χ1) is 5.90. The standard InChI is InChI=1S/C6H9ClN2O3S/c1-9-5(7)3-8-6(9)4-12-13(2,10)11/h3H,4H2,1-2H3. The van der Waals surface area contributed by atoms with Crippen molar-refractivity contribution in [2.45, 2.75) is 6.61 Å². The normalized spacial score (nSPS) is 11.9. The van der Waals surface area contributed by atoms with Crippen molar-refractivity contribution >= 4 is 21.7 Å². The van der Waals surface area contributed by atoms with Gasteiger partial charge in [-0.3, -0.25) is 4.18 Å². The van der Waals surface area contributed by atoms with Crippen LogP contribution in [0.15, 0.2) is 6.20 Å². The van der Waals surface area contributed by atoms with Crippen molar-refractivity contribution in [1.29, 1.82) is 0 Å². The summed E-state index contributed by atoms with van der Waals surface area (Å²) in [4.78, 5) is 3.86.